The van der Waals surface area contributed by atoms with Crippen LogP contribution in [-0.4, -0.2) is 15.9 Å². The summed E-state index contributed by atoms with van der Waals surface area (Å²) in [5.41, 5.74) is 0.198. The Morgan fingerprint density at radius 1 is 1.14 bits per heavy atom. The molecule has 0 atom stereocenters. The van der Waals surface area contributed by atoms with E-state index in [1.54, 1.807) is 0 Å². The average Bonchev–Trinajstić information content (AvgIpc) is 2.45. The number of hydrogen-bond donors (Lipinski definition) is 2. The standard InChI is InChI=1S/C13H8Cl2N2O4/c14-10-6-5-9(12(18)11(10)15)13(19)16-7-1-3-8(4-2-7)17(20)21/h1-6,18H,(H,16,19). The van der Waals surface area contributed by atoms with Crippen LogP contribution in [-0.2, 0) is 0 Å². The first-order valence-corrected chi connectivity index (χ1v) is 6.38. The van der Waals surface area contributed by atoms with Gasteiger partial charge in [0.2, 0.25) is 0 Å². The van der Waals surface area contributed by atoms with Crippen molar-refractivity contribution < 1.29 is 14.8 Å². The van der Waals surface area contributed by atoms with Crippen LogP contribution in [0.2, 0.25) is 10.0 Å². The van der Waals surface area contributed by atoms with E-state index in [0.717, 1.165) is 0 Å². The smallest absolute Gasteiger partial charge is 0.269 e. The molecule has 2 N–H and O–H groups in total. The van der Waals surface area contributed by atoms with Crippen molar-refractivity contribution in [3.63, 3.8) is 0 Å². The molecule has 0 heterocycles. The van der Waals surface area contributed by atoms with Gasteiger partial charge in [-0.15, -0.1) is 0 Å². The van der Waals surface area contributed by atoms with Crippen molar-refractivity contribution in [2.75, 3.05) is 5.32 Å². The van der Waals surface area contributed by atoms with Gasteiger partial charge in [-0.2, -0.15) is 0 Å². The molecule has 0 aliphatic carbocycles. The average molecular weight is 327 g/mol. The first kappa shape index (κ1) is 15.1. The van der Waals surface area contributed by atoms with Crippen LogP contribution in [0.15, 0.2) is 36.4 Å². The molecule has 2 rings (SSSR count). The van der Waals surface area contributed by atoms with Crippen molar-refractivity contribution in [3.05, 3.63) is 62.1 Å². The Bertz CT molecular complexity index is 717. The molecular weight excluding hydrogens is 319 g/mol. The van der Waals surface area contributed by atoms with E-state index in [-0.39, 0.29) is 21.3 Å². The molecule has 8 heteroatoms. The molecule has 0 fully saturated rings. The number of phenols is 1. The number of nitrogens with one attached hydrogen (secondary N) is 1. The minimum absolute atomic E-state index is 0.0530. The summed E-state index contributed by atoms with van der Waals surface area (Å²) in [4.78, 5) is 22.0. The Kier molecular flexibility index (Phi) is 4.30. The molecular formula is C13H8Cl2N2O4. The number of hydrogen-bond acceptors (Lipinski definition) is 4. The normalized spacial score (nSPS) is 10.2. The molecule has 0 aromatic heterocycles. The number of rotatable bonds is 3. The first-order valence-electron chi connectivity index (χ1n) is 5.63. The lowest BCUT2D eigenvalue weighted by Gasteiger charge is -2.08. The topological polar surface area (TPSA) is 92.5 Å². The molecule has 0 bridgehead atoms. The quantitative estimate of drug-likeness (QED) is 0.661. The Morgan fingerprint density at radius 2 is 1.76 bits per heavy atom. The van der Waals surface area contributed by atoms with Gasteiger partial charge in [-0.05, 0) is 24.3 Å². The minimum atomic E-state index is -0.611. The number of phenolic OH excluding ortho intramolecular Hbond substituents is 1. The lowest BCUT2D eigenvalue weighted by atomic mass is 10.2. The minimum Gasteiger partial charge on any atom is -0.505 e. The highest BCUT2D eigenvalue weighted by atomic mass is 35.5. The van der Waals surface area contributed by atoms with Crippen molar-refractivity contribution in [2.45, 2.75) is 0 Å². The highest BCUT2D eigenvalue weighted by Gasteiger charge is 2.16. The fraction of sp³-hybridized carbons (Fsp3) is 0. The van der Waals surface area contributed by atoms with Crippen LogP contribution in [0, 0.1) is 10.1 Å². The van der Waals surface area contributed by atoms with Gasteiger partial charge < -0.3 is 10.4 Å². The van der Waals surface area contributed by atoms with E-state index in [2.05, 4.69) is 5.32 Å². The van der Waals surface area contributed by atoms with E-state index in [1.807, 2.05) is 0 Å². The number of nitro groups is 1. The summed E-state index contributed by atoms with van der Waals surface area (Å²) in [6, 6.07) is 7.97. The van der Waals surface area contributed by atoms with Gasteiger partial charge in [-0.1, -0.05) is 23.2 Å². The van der Waals surface area contributed by atoms with Crippen LogP contribution in [0.3, 0.4) is 0 Å². The highest BCUT2D eigenvalue weighted by Crippen LogP contribution is 2.34. The fourth-order valence-electron chi connectivity index (χ4n) is 1.59. The van der Waals surface area contributed by atoms with Gasteiger partial charge in [-0.25, -0.2) is 0 Å². The fourth-order valence-corrected chi connectivity index (χ4v) is 1.91. The molecule has 0 aliphatic rings. The number of carbonyl (C=O) groups excluding carboxylic acids is 1. The van der Waals surface area contributed by atoms with E-state index >= 15 is 0 Å². The van der Waals surface area contributed by atoms with Crippen molar-refractivity contribution in [3.8, 4) is 5.75 Å². The van der Waals surface area contributed by atoms with Crippen LogP contribution in [0.25, 0.3) is 0 Å². The summed E-state index contributed by atoms with van der Waals surface area (Å²) < 4.78 is 0. The number of carbonyl (C=O) groups is 1. The summed E-state index contributed by atoms with van der Waals surface area (Å²) in [5.74, 6) is -1.04. The second-order valence-electron chi connectivity index (χ2n) is 4.02. The maximum Gasteiger partial charge on any atom is 0.269 e. The number of halogens is 2. The van der Waals surface area contributed by atoms with Gasteiger partial charge in [0.1, 0.15) is 10.8 Å². The maximum absolute atomic E-state index is 12.0. The van der Waals surface area contributed by atoms with E-state index in [4.69, 9.17) is 23.2 Å². The Labute approximate surface area is 129 Å². The van der Waals surface area contributed by atoms with Gasteiger partial charge in [0.05, 0.1) is 15.5 Å². The van der Waals surface area contributed by atoms with Crippen LogP contribution < -0.4 is 5.32 Å². The summed E-state index contributed by atoms with van der Waals surface area (Å²) in [6.45, 7) is 0. The molecule has 2 aromatic rings. The van der Waals surface area contributed by atoms with Gasteiger partial charge in [0, 0.05) is 17.8 Å². The molecule has 108 valence electrons. The number of nitrogens with zero attached hydrogens (tertiary/aromatic N) is 1. The van der Waals surface area contributed by atoms with Gasteiger partial charge in [0.15, 0.2) is 0 Å². The number of benzene rings is 2. The lowest BCUT2D eigenvalue weighted by molar-refractivity contribution is -0.384. The van der Waals surface area contributed by atoms with Crippen molar-refractivity contribution in [2.24, 2.45) is 0 Å². The second-order valence-corrected chi connectivity index (χ2v) is 4.80. The third-order valence-electron chi connectivity index (χ3n) is 2.65. The monoisotopic (exact) mass is 326 g/mol. The second kappa shape index (κ2) is 5.99. The van der Waals surface area contributed by atoms with Gasteiger partial charge in [0.25, 0.3) is 11.6 Å². The summed E-state index contributed by atoms with van der Waals surface area (Å²) >= 11 is 11.5. The molecule has 1 amide bonds. The Hall–Kier alpha value is -2.31. The van der Waals surface area contributed by atoms with Crippen LogP contribution in [0.1, 0.15) is 10.4 Å². The molecule has 2 aromatic carbocycles. The molecule has 0 aliphatic heterocycles. The number of aromatic hydroxyl groups is 1. The van der Waals surface area contributed by atoms with Gasteiger partial charge >= 0.3 is 0 Å². The van der Waals surface area contributed by atoms with Crippen molar-refractivity contribution in [1.82, 2.24) is 0 Å². The summed E-state index contributed by atoms with van der Waals surface area (Å²) in [5, 5.41) is 22.8. The van der Waals surface area contributed by atoms with Crippen LogP contribution in [0.5, 0.6) is 5.75 Å². The zero-order chi connectivity index (χ0) is 15.6. The Balaban J connectivity index is 2.22. The summed E-state index contributed by atoms with van der Waals surface area (Å²) in [7, 11) is 0. The molecule has 0 saturated heterocycles. The van der Waals surface area contributed by atoms with E-state index in [9.17, 15) is 20.0 Å². The van der Waals surface area contributed by atoms with Crippen LogP contribution in [0.4, 0.5) is 11.4 Å². The summed E-state index contributed by atoms with van der Waals surface area (Å²) in [6.07, 6.45) is 0. The first-order chi connectivity index (χ1) is 9.90. The number of nitro benzene ring substituents is 1. The SMILES string of the molecule is O=C(Nc1ccc([N+](=O)[O-])cc1)c1ccc(Cl)c(Cl)c1O. The zero-order valence-electron chi connectivity index (χ0n) is 10.3. The largest absolute Gasteiger partial charge is 0.505 e. The number of amides is 1. The van der Waals surface area contributed by atoms with Crippen LogP contribution >= 0.6 is 23.2 Å². The van der Waals surface area contributed by atoms with Crippen molar-refractivity contribution >= 4 is 40.5 Å². The van der Waals surface area contributed by atoms with E-state index < -0.39 is 16.6 Å². The third kappa shape index (κ3) is 3.24. The number of non-ortho nitro benzene ring substituents is 1. The van der Waals surface area contributed by atoms with E-state index in [0.29, 0.717) is 5.69 Å². The molecule has 0 unspecified atom stereocenters. The molecule has 6 nitrogen and oxygen atoms in total. The molecule has 0 spiro atoms. The third-order valence-corrected chi connectivity index (χ3v) is 3.44. The predicted octanol–water partition coefficient (Wildman–Crippen LogP) is 3.86. The van der Waals surface area contributed by atoms with Gasteiger partial charge in [-0.3, -0.25) is 14.9 Å². The Morgan fingerprint density at radius 3 is 2.33 bits per heavy atom. The van der Waals surface area contributed by atoms with Crippen molar-refractivity contribution in [1.29, 1.82) is 0 Å². The zero-order valence-corrected chi connectivity index (χ0v) is 11.9. The predicted molar refractivity (Wildman–Crippen MR) is 79.2 cm³/mol. The van der Waals surface area contributed by atoms with E-state index in [1.165, 1.54) is 36.4 Å². The maximum atomic E-state index is 12.0. The lowest BCUT2D eigenvalue weighted by Crippen LogP contribution is -2.12. The molecule has 0 radical (unpaired) electrons. The molecule has 0 saturated carbocycles. The number of anilines is 1. The molecule has 21 heavy (non-hydrogen) atoms. The highest BCUT2D eigenvalue weighted by molar-refractivity contribution is 6.43.